The van der Waals surface area contributed by atoms with Crippen LogP contribution in [0.1, 0.15) is 70.3 Å². The summed E-state index contributed by atoms with van der Waals surface area (Å²) in [5.74, 6) is 1.62. The Morgan fingerprint density at radius 3 is 2.30 bits per heavy atom. The average Bonchev–Trinajstić information content (AvgIpc) is 3.56. The lowest BCUT2D eigenvalue weighted by Gasteiger charge is -2.22. The van der Waals surface area contributed by atoms with Gasteiger partial charge in [0.2, 0.25) is 0 Å². The van der Waals surface area contributed by atoms with Gasteiger partial charge in [0.1, 0.15) is 18.5 Å². The maximum absolute atomic E-state index is 10.3. The first kappa shape index (κ1) is 25.1. The summed E-state index contributed by atoms with van der Waals surface area (Å²) >= 11 is 0. The topological polar surface area (TPSA) is 99.1 Å². The zero-order valence-corrected chi connectivity index (χ0v) is 19.1. The molecule has 1 atom stereocenters. The Bertz CT molecular complexity index is 714. The third-order valence-corrected chi connectivity index (χ3v) is 6.28. The third-order valence-electron chi connectivity index (χ3n) is 5.65. The molecule has 0 heterocycles. The second-order valence-corrected chi connectivity index (χ2v) is 9.38. The number of ether oxygens (including phenoxy) is 1. The van der Waals surface area contributed by atoms with E-state index in [4.69, 9.17) is 9.29 Å². The van der Waals surface area contributed by atoms with Crippen LogP contribution in [0.3, 0.4) is 0 Å². The van der Waals surface area contributed by atoms with Crippen molar-refractivity contribution in [3.05, 3.63) is 29.8 Å². The van der Waals surface area contributed by atoms with Crippen LogP contribution >= 0.6 is 0 Å². The molecule has 30 heavy (non-hydrogen) atoms. The van der Waals surface area contributed by atoms with E-state index < -0.39 is 16.4 Å². The summed E-state index contributed by atoms with van der Waals surface area (Å²) in [4.78, 5) is 2.21. The fraction of sp³-hybridized carbons (Fsp3) is 0.727. The fourth-order valence-electron chi connectivity index (χ4n) is 3.79. The number of aliphatic hydroxyl groups is 1. The van der Waals surface area contributed by atoms with Crippen LogP contribution in [0, 0.1) is 0 Å². The van der Waals surface area contributed by atoms with Gasteiger partial charge < -0.3 is 14.7 Å². The number of nitrogens with zero attached hydrogens (tertiary/aromatic N) is 1. The van der Waals surface area contributed by atoms with Crippen LogP contribution in [0.15, 0.2) is 24.3 Å². The molecule has 1 aromatic rings. The van der Waals surface area contributed by atoms with Crippen LogP contribution in [0.4, 0.5) is 0 Å². The summed E-state index contributed by atoms with van der Waals surface area (Å²) < 4.78 is 37.1. The van der Waals surface area contributed by atoms with Crippen LogP contribution < -0.4 is 9.46 Å². The van der Waals surface area contributed by atoms with E-state index in [-0.39, 0.29) is 6.04 Å². The Morgan fingerprint density at radius 2 is 1.73 bits per heavy atom. The van der Waals surface area contributed by atoms with Gasteiger partial charge in [0.25, 0.3) is 0 Å². The highest BCUT2D eigenvalue weighted by molar-refractivity contribution is 7.83. The van der Waals surface area contributed by atoms with E-state index in [9.17, 15) is 13.5 Å². The number of nitrogens with one attached hydrogen (secondary N) is 1. The zero-order chi connectivity index (χ0) is 22.0. The molecule has 2 fully saturated rings. The lowest BCUT2D eigenvalue weighted by molar-refractivity contribution is 0.0713. The Labute approximate surface area is 181 Å². The molecule has 1 unspecified atom stereocenters. The molecule has 0 saturated heterocycles. The minimum absolute atomic E-state index is 0.0428. The summed E-state index contributed by atoms with van der Waals surface area (Å²) in [5, 5.41) is 10.0. The van der Waals surface area contributed by atoms with Crippen molar-refractivity contribution in [2.24, 2.45) is 0 Å². The van der Waals surface area contributed by atoms with Gasteiger partial charge in [-0.1, -0.05) is 51.3 Å². The Morgan fingerprint density at radius 1 is 1.10 bits per heavy atom. The highest BCUT2D eigenvalue weighted by Gasteiger charge is 2.26. The SMILES string of the molecule is CCN(CC)CC(O)COc1ccccc1C1CC1.O=S(=O)(O)NC1CCCCC1. The standard InChI is InChI=1S/C16H25NO2.C6H13NO3S/c1-3-17(4-2)11-14(18)12-19-16-8-6-5-7-15(16)13-9-10-13;8-11(9,10)7-6-4-2-1-3-5-6/h5-8,13-14,18H,3-4,9-12H2,1-2H3;6-7H,1-5H2,(H,8,9,10). The van der Waals surface area contributed by atoms with E-state index in [0.717, 1.165) is 44.5 Å². The van der Waals surface area contributed by atoms with E-state index in [1.807, 2.05) is 12.1 Å². The minimum atomic E-state index is -3.97. The van der Waals surface area contributed by atoms with Crippen molar-refractivity contribution < 1.29 is 22.8 Å². The molecule has 0 aliphatic heterocycles. The molecule has 2 aliphatic rings. The Balaban J connectivity index is 0.000000248. The van der Waals surface area contributed by atoms with Crippen molar-refractivity contribution in [1.82, 2.24) is 9.62 Å². The first-order valence-corrected chi connectivity index (χ1v) is 12.6. The van der Waals surface area contributed by atoms with Crippen LogP contribution in [0.5, 0.6) is 5.75 Å². The largest absolute Gasteiger partial charge is 0.491 e. The van der Waals surface area contributed by atoms with Gasteiger partial charge in [0, 0.05) is 12.6 Å². The molecular formula is C22H38N2O5S. The number of aliphatic hydroxyl groups excluding tert-OH is 1. The molecule has 2 aliphatic carbocycles. The normalized spacial score (nSPS) is 18.6. The average molecular weight is 443 g/mol. The molecule has 1 aromatic carbocycles. The highest BCUT2D eigenvalue weighted by Crippen LogP contribution is 2.44. The summed E-state index contributed by atoms with van der Waals surface area (Å²) in [6, 6.07) is 8.17. The number of benzene rings is 1. The number of para-hydroxylation sites is 1. The highest BCUT2D eigenvalue weighted by atomic mass is 32.2. The third kappa shape index (κ3) is 9.75. The van der Waals surface area contributed by atoms with Crippen molar-refractivity contribution in [2.75, 3.05) is 26.2 Å². The van der Waals surface area contributed by atoms with Crippen molar-refractivity contribution in [2.45, 2.75) is 76.9 Å². The second-order valence-electron chi connectivity index (χ2n) is 8.19. The number of likely N-dealkylation sites (N-methyl/N-ethyl adjacent to an activating group) is 1. The molecule has 0 radical (unpaired) electrons. The zero-order valence-electron chi connectivity index (χ0n) is 18.3. The molecule has 3 rings (SSSR count). The van der Waals surface area contributed by atoms with Gasteiger partial charge in [-0.25, -0.2) is 0 Å². The summed E-state index contributed by atoms with van der Waals surface area (Å²) in [6.07, 6.45) is 7.07. The maximum atomic E-state index is 10.3. The van der Waals surface area contributed by atoms with Gasteiger partial charge in [-0.3, -0.25) is 4.55 Å². The lowest BCUT2D eigenvalue weighted by atomic mass is 9.96. The van der Waals surface area contributed by atoms with E-state index >= 15 is 0 Å². The van der Waals surface area contributed by atoms with Crippen LogP contribution in [0.2, 0.25) is 0 Å². The first-order valence-electron chi connectivity index (χ1n) is 11.2. The first-order chi connectivity index (χ1) is 14.3. The molecule has 8 heteroatoms. The van der Waals surface area contributed by atoms with E-state index in [0.29, 0.717) is 19.1 Å². The summed E-state index contributed by atoms with van der Waals surface area (Å²) in [7, 11) is -3.97. The van der Waals surface area contributed by atoms with Gasteiger partial charge in [0.15, 0.2) is 0 Å². The van der Waals surface area contributed by atoms with Gasteiger partial charge in [-0.2, -0.15) is 13.1 Å². The second kappa shape index (κ2) is 12.6. The summed E-state index contributed by atoms with van der Waals surface area (Å²) in [5.41, 5.74) is 1.30. The molecule has 3 N–H and O–H groups in total. The lowest BCUT2D eigenvalue weighted by Crippen LogP contribution is -2.35. The smallest absolute Gasteiger partial charge is 0.333 e. The van der Waals surface area contributed by atoms with Gasteiger partial charge in [-0.15, -0.1) is 0 Å². The van der Waals surface area contributed by atoms with Gasteiger partial charge in [-0.05, 0) is 56.3 Å². The number of hydrogen-bond donors (Lipinski definition) is 3. The van der Waals surface area contributed by atoms with Gasteiger partial charge in [0.05, 0.1) is 0 Å². The van der Waals surface area contributed by atoms with Crippen molar-refractivity contribution >= 4 is 10.3 Å². The fourth-order valence-corrected chi connectivity index (χ4v) is 4.45. The summed E-state index contributed by atoms with van der Waals surface area (Å²) in [6.45, 7) is 7.20. The Hall–Kier alpha value is -1.19. The quantitative estimate of drug-likeness (QED) is 0.481. The predicted octanol–water partition coefficient (Wildman–Crippen LogP) is 3.36. The molecular weight excluding hydrogens is 404 g/mol. The monoisotopic (exact) mass is 442 g/mol. The predicted molar refractivity (Wildman–Crippen MR) is 119 cm³/mol. The number of hydrogen-bond acceptors (Lipinski definition) is 5. The van der Waals surface area contributed by atoms with E-state index in [1.54, 1.807) is 0 Å². The van der Waals surface area contributed by atoms with Gasteiger partial charge >= 0.3 is 10.3 Å². The Kier molecular flexibility index (Phi) is 10.5. The van der Waals surface area contributed by atoms with Crippen LogP contribution in [0.25, 0.3) is 0 Å². The molecule has 0 spiro atoms. The molecule has 0 aromatic heterocycles. The number of rotatable bonds is 10. The van der Waals surface area contributed by atoms with E-state index in [2.05, 4.69) is 35.6 Å². The van der Waals surface area contributed by atoms with Crippen LogP contribution in [-0.2, 0) is 10.3 Å². The molecule has 172 valence electrons. The van der Waals surface area contributed by atoms with Crippen molar-refractivity contribution in [1.29, 1.82) is 0 Å². The molecule has 2 saturated carbocycles. The van der Waals surface area contributed by atoms with Crippen molar-refractivity contribution in [3.8, 4) is 5.75 Å². The molecule has 7 nitrogen and oxygen atoms in total. The molecule has 0 amide bonds. The van der Waals surface area contributed by atoms with E-state index in [1.165, 1.54) is 24.8 Å². The molecule has 0 bridgehead atoms. The van der Waals surface area contributed by atoms with Crippen LogP contribution in [-0.4, -0.2) is 61.4 Å². The van der Waals surface area contributed by atoms with Crippen molar-refractivity contribution in [3.63, 3.8) is 0 Å². The minimum Gasteiger partial charge on any atom is -0.491 e. The maximum Gasteiger partial charge on any atom is 0.333 e.